The van der Waals surface area contributed by atoms with Gasteiger partial charge in [-0.3, -0.25) is 29.1 Å². The third-order valence-electron chi connectivity index (χ3n) is 15.6. The average molecular weight is 1340 g/mol. The van der Waals surface area contributed by atoms with Crippen LogP contribution in [-0.2, 0) is 46.9 Å². The fraction of sp³-hybridized carbons (Fsp3) is 0.262. The monoisotopic (exact) mass is 1340 g/mol. The first-order valence-electron chi connectivity index (χ1n) is 28.5. The highest BCUT2D eigenvalue weighted by Gasteiger charge is 2.41. The number of carboxylic acids is 2. The zero-order valence-electron chi connectivity index (χ0n) is 50.2. The fourth-order valence-electron chi connectivity index (χ4n) is 10.9. The third kappa shape index (κ3) is 15.6. The van der Waals surface area contributed by atoms with Crippen molar-refractivity contribution in [2.45, 2.75) is 95.6 Å². The number of carbonyl (C=O) groups excluding carboxylic acids is 3. The molecular weight excluding hydrogens is 1290 g/mol. The molecule has 3 amide bonds. The Bertz CT molecular complexity index is 4410. The van der Waals surface area contributed by atoms with Crippen molar-refractivity contribution in [2.24, 2.45) is 7.05 Å². The van der Waals surface area contributed by atoms with E-state index in [4.69, 9.17) is 0 Å². The Kier molecular flexibility index (Phi) is 20.8. The largest absolute Gasteiger partial charge is 0.480 e. The number of alkyl halides is 9. The number of aliphatic carboxylic acids is 2. The molecule has 16 nitrogen and oxygen atoms in total. The molecule has 30 heteroatoms. The van der Waals surface area contributed by atoms with Crippen LogP contribution in [0.3, 0.4) is 0 Å². The van der Waals surface area contributed by atoms with Gasteiger partial charge in [0, 0.05) is 78.8 Å². The summed E-state index contributed by atoms with van der Waals surface area (Å²) in [5.41, 5.74) is -7.19. The number of nitrogens with one attached hydrogen (secondary N) is 5. The summed E-state index contributed by atoms with van der Waals surface area (Å²) >= 11 is 0. The van der Waals surface area contributed by atoms with Gasteiger partial charge in [0.25, 0.3) is 23.3 Å². The second-order valence-corrected chi connectivity index (χ2v) is 21.9. The number of carboxylic acid groups (broad SMARTS) is 2. The number of aryl methyl sites for hydroxylation is 2. The van der Waals surface area contributed by atoms with Gasteiger partial charge in [0.05, 0.1) is 27.7 Å². The van der Waals surface area contributed by atoms with E-state index in [0.717, 1.165) is 43.8 Å². The highest BCUT2D eigenvalue weighted by Crippen LogP contribution is 2.39. The van der Waals surface area contributed by atoms with Gasteiger partial charge in [-0.25, -0.2) is 31.5 Å². The van der Waals surface area contributed by atoms with E-state index in [0.29, 0.717) is 30.5 Å². The minimum absolute atomic E-state index is 0.00311. The van der Waals surface area contributed by atoms with E-state index < -0.39 is 173 Å². The number of fused-ring (bicyclic) bond motifs is 2. The number of carbonyl (C=O) groups is 5. The van der Waals surface area contributed by atoms with Crippen molar-refractivity contribution in [1.82, 2.24) is 30.5 Å². The number of pyridine rings is 3. The Hall–Kier alpha value is -10.4. The zero-order valence-corrected chi connectivity index (χ0v) is 50.2. The number of hydrogen-bond donors (Lipinski definition) is 7. The maximum absolute atomic E-state index is 15.9. The van der Waals surface area contributed by atoms with Crippen molar-refractivity contribution < 1.29 is 95.7 Å². The van der Waals surface area contributed by atoms with Crippen LogP contribution in [0.5, 0.6) is 0 Å². The Labute approximate surface area is 529 Å². The Morgan fingerprint density at radius 2 is 1.19 bits per heavy atom. The normalized spacial score (nSPS) is 13.5. The number of nitrogens with zero attached hydrogens (tertiary/aromatic N) is 3. The molecule has 0 aliphatic heterocycles. The van der Waals surface area contributed by atoms with Crippen LogP contribution in [0.15, 0.2) is 114 Å². The van der Waals surface area contributed by atoms with E-state index in [1.165, 1.54) is 74.8 Å². The lowest BCUT2D eigenvalue weighted by Gasteiger charge is -2.23. The number of halogens is 14. The first-order valence-corrected chi connectivity index (χ1v) is 28.5. The molecule has 4 atom stereocenters. The van der Waals surface area contributed by atoms with Gasteiger partial charge >= 0.3 is 30.5 Å². The van der Waals surface area contributed by atoms with Crippen LogP contribution >= 0.6 is 0 Å². The van der Waals surface area contributed by atoms with Gasteiger partial charge in [0.2, 0.25) is 0 Å². The molecule has 0 fully saturated rings. The van der Waals surface area contributed by atoms with Crippen molar-refractivity contribution in [2.75, 3.05) is 17.7 Å². The molecule has 8 aromatic rings. The second kappa shape index (κ2) is 28.0. The predicted octanol–water partition coefficient (Wildman–Crippen LogP) is 12.4. The third-order valence-corrected chi connectivity index (χ3v) is 15.6. The summed E-state index contributed by atoms with van der Waals surface area (Å²) in [7, 11) is 2.37. The number of aromatic nitrogens is 3. The molecular formula is C65H54F14N8O8. The molecule has 0 saturated heterocycles. The Morgan fingerprint density at radius 1 is 0.653 bits per heavy atom. The number of benzene rings is 5. The maximum Gasteiger partial charge on any atom is 0.418 e. The molecule has 7 N–H and O–H groups in total. The number of rotatable bonds is 22. The molecule has 5 aromatic carbocycles. The fourth-order valence-corrected chi connectivity index (χ4v) is 10.9. The first kappa shape index (κ1) is 70.4. The minimum atomic E-state index is -5.22. The maximum atomic E-state index is 15.9. The summed E-state index contributed by atoms with van der Waals surface area (Å²) in [6, 6.07) is 6.49. The van der Waals surface area contributed by atoms with Crippen molar-refractivity contribution in [1.29, 1.82) is 0 Å². The van der Waals surface area contributed by atoms with Gasteiger partial charge in [0.15, 0.2) is 0 Å². The van der Waals surface area contributed by atoms with Crippen molar-refractivity contribution in [3.8, 4) is 11.1 Å². The number of anilines is 2. The van der Waals surface area contributed by atoms with E-state index in [-0.39, 0.29) is 71.9 Å². The summed E-state index contributed by atoms with van der Waals surface area (Å²) in [5.74, 6) is -15.3. The van der Waals surface area contributed by atoms with E-state index in [2.05, 4.69) is 15.3 Å². The van der Waals surface area contributed by atoms with Gasteiger partial charge in [-0.1, -0.05) is 49.4 Å². The summed E-state index contributed by atoms with van der Waals surface area (Å²) < 4.78 is 205. The number of allylic oxidation sites excluding steroid dienone is 1. The smallest absolute Gasteiger partial charge is 0.418 e. The van der Waals surface area contributed by atoms with Crippen LogP contribution < -0.4 is 32.1 Å². The summed E-state index contributed by atoms with van der Waals surface area (Å²) in [5, 5.41) is 30.9. The molecule has 0 spiro atoms. The van der Waals surface area contributed by atoms with E-state index in [9.17, 15) is 82.9 Å². The van der Waals surface area contributed by atoms with Gasteiger partial charge in [-0.05, 0) is 115 Å². The van der Waals surface area contributed by atoms with Crippen LogP contribution in [0.1, 0.15) is 86.3 Å². The predicted molar refractivity (Wildman–Crippen MR) is 320 cm³/mol. The molecule has 0 aliphatic carbocycles. The van der Waals surface area contributed by atoms with Gasteiger partial charge in [-0.15, -0.1) is 0 Å². The van der Waals surface area contributed by atoms with Crippen LogP contribution in [0.2, 0.25) is 0 Å². The van der Waals surface area contributed by atoms with Crippen molar-refractivity contribution in [3.63, 3.8) is 0 Å². The molecule has 3 heterocycles. The average Bonchev–Trinajstić information content (AvgIpc) is 0.764. The summed E-state index contributed by atoms with van der Waals surface area (Å²) in [6.45, 7) is 3.68. The molecule has 0 aliphatic rings. The zero-order chi connectivity index (χ0) is 69.9. The van der Waals surface area contributed by atoms with Gasteiger partial charge in [0.1, 0.15) is 64.4 Å². The highest BCUT2D eigenvalue weighted by atomic mass is 19.4. The molecule has 0 radical (unpaired) electrons. The van der Waals surface area contributed by atoms with Crippen LogP contribution in [0, 0.1) is 36.0 Å². The molecule has 0 saturated carbocycles. The SMILES string of the molecule is CC[C@@H](Nc1cc(F)c(C(=O)N[C@@H](Cc2ccc(/C(C(=O)NC)=C(\C)c3cccc(F)c3)c3ncc(CC[C@@H](Nc4cc(F)c(C(=O)N[C@@H](Cc5ccc(-c6c(C)c(C(F)(F)F)cn(C)c6=O)c6ncccc56)C(=O)O)c(F)c4)C(F)(F)F)cc23)C(=O)O)c(F)c1)C(F)(F)F. The van der Waals surface area contributed by atoms with Crippen molar-refractivity contribution in [3.05, 3.63) is 199 Å². The van der Waals surface area contributed by atoms with E-state index in [1.54, 1.807) is 0 Å². The molecule has 0 unspecified atom stereocenters. The quantitative estimate of drug-likeness (QED) is 0.0191. The molecule has 3 aromatic heterocycles. The lowest BCUT2D eigenvalue weighted by atomic mass is 9.90. The van der Waals surface area contributed by atoms with E-state index in [1.807, 2.05) is 21.3 Å². The molecule has 8 rings (SSSR count). The number of hydrogen-bond acceptors (Lipinski definition) is 10. The Morgan fingerprint density at radius 3 is 1.69 bits per heavy atom. The van der Waals surface area contributed by atoms with Gasteiger partial charge in [-0.2, -0.15) is 39.5 Å². The van der Waals surface area contributed by atoms with Crippen LogP contribution in [-0.4, -0.2) is 98.0 Å². The molecule has 500 valence electrons. The lowest BCUT2D eigenvalue weighted by molar-refractivity contribution is -0.144. The molecule has 95 heavy (non-hydrogen) atoms. The summed E-state index contributed by atoms with van der Waals surface area (Å²) in [6.07, 6.45) is -15.6. The van der Waals surface area contributed by atoms with E-state index >= 15 is 17.6 Å². The Balaban J connectivity index is 1.07. The highest BCUT2D eigenvalue weighted by molar-refractivity contribution is 6.29. The molecule has 0 bridgehead atoms. The lowest BCUT2D eigenvalue weighted by Crippen LogP contribution is -2.43. The topological polar surface area (TPSA) is 234 Å². The minimum Gasteiger partial charge on any atom is -0.480 e. The standard InChI is InChI=1S/C65H54F14N8O8/c1-6-49(64(74,75)76)83-36-23-43(67)53(44(68)24-36)59(90)86-48(62(94)95)22-34-14-15-39(51(57(88)80-4)29(2)32-9-7-10-35(66)20-32)56-41(34)19-31(27-82-56)12-17-50(65(77,78)79)84-37-25-45(69)54(46(70)26-37)58(89)85-47(61(92)93)21-33-13-16-40(55-38(33)11-8-18-81-55)52-30(3)42(63(71,72)73)28-87(5)60(52)91/h7-11,13-16,18-20,23-28,47-50,83-84H,6,12,17,21-22H2,1-5H3,(H,80,88)(H,85,89)(H,86,90)(H,92,93)(H,94,95)/b51-29-/t47-,48-,49+,50+/m0/s1. The number of likely N-dealkylation sites (N-methyl/N-ethyl adjacent to an activating group) is 1. The van der Waals surface area contributed by atoms with Gasteiger partial charge < -0.3 is 41.4 Å². The second-order valence-electron chi connectivity index (χ2n) is 21.9. The van der Waals surface area contributed by atoms with Crippen molar-refractivity contribution >= 4 is 74.0 Å². The first-order chi connectivity index (χ1) is 44.5. The number of amides is 3. The summed E-state index contributed by atoms with van der Waals surface area (Å²) in [4.78, 5) is 88.2. The van der Waals surface area contributed by atoms with Crippen LogP contribution in [0.25, 0.3) is 44.1 Å². The van der Waals surface area contributed by atoms with Crippen LogP contribution in [0.4, 0.5) is 72.8 Å².